The normalized spacial score (nSPS) is 11.7. The number of aromatic nitrogens is 2. The molecule has 4 heterocycles. The minimum atomic E-state index is -0.566. The second kappa shape index (κ2) is 7.62. The lowest BCUT2D eigenvalue weighted by molar-refractivity contribution is 0.0579. The summed E-state index contributed by atoms with van der Waals surface area (Å²) >= 11 is 4.52. The van der Waals surface area contributed by atoms with Gasteiger partial charge in [-0.3, -0.25) is 9.88 Å². The molecule has 4 rings (SSSR count). The molecule has 1 amide bonds. The minimum absolute atomic E-state index is 0.362. The predicted molar refractivity (Wildman–Crippen MR) is 117 cm³/mol. The molecule has 0 N–H and O–H groups in total. The summed E-state index contributed by atoms with van der Waals surface area (Å²) in [6.45, 7) is 6.09. The van der Waals surface area contributed by atoms with Gasteiger partial charge in [0, 0.05) is 22.0 Å². The van der Waals surface area contributed by atoms with Crippen molar-refractivity contribution in [1.82, 2.24) is 9.36 Å². The smallest absolute Gasteiger partial charge is 0.415 e. The maximum Gasteiger partial charge on any atom is 0.415 e. The summed E-state index contributed by atoms with van der Waals surface area (Å²) in [6.07, 6.45) is 1.41. The number of amides is 1. The fraction of sp³-hybridized carbons (Fsp3) is 0.250. The Balaban J connectivity index is 1.74. The van der Waals surface area contributed by atoms with Gasteiger partial charge in [-0.2, -0.15) is 4.37 Å². The Morgan fingerprint density at radius 2 is 2.04 bits per heavy atom. The number of thiophene rings is 2. The Bertz CT molecular complexity index is 1080. The standard InChI is InChI=1S/C20H19N3O2S3/c1-20(2,3)25-19(24)23(11-13-7-6-10-26-13)18-17-16(22-28-18)14(12-27-17)15-8-4-5-9-21-15/h4-10,12H,11H2,1-3H3. The molecule has 28 heavy (non-hydrogen) atoms. The van der Waals surface area contributed by atoms with Gasteiger partial charge in [-0.05, 0) is 55.9 Å². The molecule has 0 aromatic carbocycles. The molecule has 0 radical (unpaired) electrons. The van der Waals surface area contributed by atoms with E-state index in [1.165, 1.54) is 11.5 Å². The molecule has 0 fully saturated rings. The highest BCUT2D eigenvalue weighted by molar-refractivity contribution is 7.24. The zero-order valence-corrected chi connectivity index (χ0v) is 18.2. The number of hydrogen-bond donors (Lipinski definition) is 0. The van der Waals surface area contributed by atoms with Crippen molar-refractivity contribution in [3.05, 3.63) is 52.2 Å². The van der Waals surface area contributed by atoms with E-state index in [4.69, 9.17) is 4.74 Å². The Morgan fingerprint density at radius 3 is 2.71 bits per heavy atom. The first kappa shape index (κ1) is 19.0. The molecule has 144 valence electrons. The van der Waals surface area contributed by atoms with Crippen LogP contribution in [0.3, 0.4) is 0 Å². The molecular weight excluding hydrogens is 410 g/mol. The highest BCUT2D eigenvalue weighted by Gasteiger charge is 2.28. The highest BCUT2D eigenvalue weighted by Crippen LogP contribution is 2.42. The number of rotatable bonds is 4. The number of nitrogens with zero attached hydrogens (tertiary/aromatic N) is 3. The van der Waals surface area contributed by atoms with Crippen molar-refractivity contribution in [3.63, 3.8) is 0 Å². The van der Waals surface area contributed by atoms with Crippen molar-refractivity contribution >= 4 is 55.5 Å². The van der Waals surface area contributed by atoms with Gasteiger partial charge in [-0.25, -0.2) is 4.79 Å². The van der Waals surface area contributed by atoms with Crippen LogP contribution in [0.15, 0.2) is 47.3 Å². The highest BCUT2D eigenvalue weighted by atomic mass is 32.1. The fourth-order valence-corrected chi connectivity index (χ4v) is 5.43. The molecule has 0 atom stereocenters. The third-order valence-electron chi connectivity index (χ3n) is 3.88. The third-order valence-corrected chi connectivity index (χ3v) is 6.71. The third kappa shape index (κ3) is 3.94. The van der Waals surface area contributed by atoms with Gasteiger partial charge < -0.3 is 4.74 Å². The van der Waals surface area contributed by atoms with Gasteiger partial charge in [0.15, 0.2) is 0 Å². The van der Waals surface area contributed by atoms with Gasteiger partial charge >= 0.3 is 6.09 Å². The van der Waals surface area contributed by atoms with Crippen molar-refractivity contribution in [3.8, 4) is 11.3 Å². The maximum atomic E-state index is 13.0. The van der Waals surface area contributed by atoms with Crippen LogP contribution in [0.2, 0.25) is 0 Å². The van der Waals surface area contributed by atoms with E-state index < -0.39 is 5.60 Å². The van der Waals surface area contributed by atoms with E-state index in [0.717, 1.165) is 31.4 Å². The van der Waals surface area contributed by atoms with Gasteiger partial charge in [0.2, 0.25) is 0 Å². The van der Waals surface area contributed by atoms with Crippen LogP contribution in [0.1, 0.15) is 25.6 Å². The molecule has 0 spiro atoms. The van der Waals surface area contributed by atoms with E-state index in [0.29, 0.717) is 6.54 Å². The largest absolute Gasteiger partial charge is 0.443 e. The summed E-state index contributed by atoms with van der Waals surface area (Å²) < 4.78 is 11.3. The van der Waals surface area contributed by atoms with Crippen LogP contribution in [-0.2, 0) is 11.3 Å². The first-order valence-corrected chi connectivity index (χ1v) is 11.3. The molecule has 0 aliphatic heterocycles. The SMILES string of the molecule is CC(C)(C)OC(=O)N(Cc1cccs1)c1snc2c(-c3ccccn3)csc12. The molecule has 0 saturated heterocycles. The van der Waals surface area contributed by atoms with Gasteiger partial charge in [-0.1, -0.05) is 12.1 Å². The minimum Gasteiger partial charge on any atom is -0.443 e. The monoisotopic (exact) mass is 429 g/mol. The fourth-order valence-electron chi connectivity index (χ4n) is 2.69. The van der Waals surface area contributed by atoms with E-state index in [9.17, 15) is 4.79 Å². The Kier molecular flexibility index (Phi) is 5.18. The van der Waals surface area contributed by atoms with Crippen LogP contribution in [-0.4, -0.2) is 21.1 Å². The maximum absolute atomic E-state index is 13.0. The van der Waals surface area contributed by atoms with E-state index in [2.05, 4.69) is 14.7 Å². The van der Waals surface area contributed by atoms with Crippen molar-refractivity contribution in [1.29, 1.82) is 0 Å². The van der Waals surface area contributed by atoms with Gasteiger partial charge in [0.05, 0.1) is 16.9 Å². The van der Waals surface area contributed by atoms with Crippen LogP contribution in [0.4, 0.5) is 9.80 Å². The Morgan fingerprint density at radius 1 is 1.18 bits per heavy atom. The van der Waals surface area contributed by atoms with Gasteiger partial charge in [-0.15, -0.1) is 22.7 Å². The molecule has 0 aliphatic carbocycles. The lowest BCUT2D eigenvalue weighted by Gasteiger charge is -2.26. The van der Waals surface area contributed by atoms with Crippen LogP contribution < -0.4 is 4.90 Å². The Hall–Kier alpha value is -2.29. The summed E-state index contributed by atoms with van der Waals surface area (Å²) in [6, 6.07) is 9.83. The van der Waals surface area contributed by atoms with Gasteiger partial charge in [0.1, 0.15) is 16.1 Å². The van der Waals surface area contributed by atoms with Crippen LogP contribution in [0.25, 0.3) is 21.5 Å². The summed E-state index contributed by atoms with van der Waals surface area (Å²) in [7, 11) is 0. The van der Waals surface area contributed by atoms with Crippen molar-refractivity contribution in [2.24, 2.45) is 0 Å². The predicted octanol–water partition coefficient (Wildman–Crippen LogP) is 6.42. The van der Waals surface area contributed by atoms with E-state index >= 15 is 0 Å². The zero-order valence-electron chi connectivity index (χ0n) is 15.7. The van der Waals surface area contributed by atoms with Crippen LogP contribution in [0, 0.1) is 0 Å². The van der Waals surface area contributed by atoms with E-state index in [-0.39, 0.29) is 6.09 Å². The Labute approximate surface area is 175 Å². The summed E-state index contributed by atoms with van der Waals surface area (Å²) in [4.78, 5) is 20.2. The summed E-state index contributed by atoms with van der Waals surface area (Å²) in [5.74, 6) is 0. The first-order valence-electron chi connectivity index (χ1n) is 8.73. The lowest BCUT2D eigenvalue weighted by atomic mass is 10.2. The number of carbonyl (C=O) groups excluding carboxylic acids is 1. The quantitative estimate of drug-likeness (QED) is 0.375. The zero-order chi connectivity index (χ0) is 19.7. The molecule has 8 heteroatoms. The number of anilines is 1. The second-order valence-electron chi connectivity index (χ2n) is 7.18. The van der Waals surface area contributed by atoms with Crippen LogP contribution in [0.5, 0.6) is 0 Å². The molecule has 0 aliphatic rings. The van der Waals surface area contributed by atoms with Crippen LogP contribution >= 0.6 is 34.2 Å². The average molecular weight is 430 g/mol. The lowest BCUT2D eigenvalue weighted by Crippen LogP contribution is -2.36. The average Bonchev–Trinajstić information content (AvgIpc) is 3.37. The number of hydrogen-bond acceptors (Lipinski definition) is 7. The first-order chi connectivity index (χ1) is 13.4. The van der Waals surface area contributed by atoms with Crippen molar-refractivity contribution in [2.45, 2.75) is 32.9 Å². The number of ether oxygens (including phenoxy) is 1. The molecule has 0 unspecified atom stereocenters. The molecular formula is C20H19N3O2S3. The van der Waals surface area contributed by atoms with Crippen molar-refractivity contribution < 1.29 is 9.53 Å². The molecule has 0 saturated carbocycles. The number of carbonyl (C=O) groups is 1. The summed E-state index contributed by atoms with van der Waals surface area (Å²) in [5, 5.41) is 4.87. The second-order valence-corrected chi connectivity index (χ2v) is 9.84. The number of pyridine rings is 1. The molecule has 0 bridgehead atoms. The van der Waals surface area contributed by atoms with Crippen molar-refractivity contribution in [2.75, 3.05) is 4.90 Å². The topological polar surface area (TPSA) is 55.3 Å². The van der Waals surface area contributed by atoms with E-state index in [1.807, 2.05) is 56.5 Å². The molecule has 4 aromatic rings. The molecule has 4 aromatic heterocycles. The van der Waals surface area contributed by atoms with Gasteiger partial charge in [0.25, 0.3) is 0 Å². The molecule has 5 nitrogen and oxygen atoms in total. The van der Waals surface area contributed by atoms with E-state index in [1.54, 1.807) is 33.8 Å². The summed E-state index contributed by atoms with van der Waals surface area (Å²) in [5.41, 5.74) is 2.18. The number of fused-ring (bicyclic) bond motifs is 1.